The number of likely N-dealkylation sites (N-methyl/N-ethyl adjacent to an activating group) is 2. The highest BCUT2D eigenvalue weighted by Crippen LogP contribution is 2.28. The zero-order chi connectivity index (χ0) is 17.1. The van der Waals surface area contributed by atoms with Gasteiger partial charge in [0.05, 0.1) is 16.8 Å². The number of aryl methyl sites for hydroxylation is 1. The molecule has 3 rings (SSSR count). The van der Waals surface area contributed by atoms with E-state index in [1.807, 2.05) is 38.2 Å². The molecular formula is C18H21N3OS2. The van der Waals surface area contributed by atoms with Gasteiger partial charge in [-0.15, -0.1) is 11.3 Å². The summed E-state index contributed by atoms with van der Waals surface area (Å²) in [7, 11) is 1.99. The van der Waals surface area contributed by atoms with Gasteiger partial charge in [0.1, 0.15) is 0 Å². The van der Waals surface area contributed by atoms with Crippen molar-refractivity contribution < 1.29 is 4.79 Å². The highest BCUT2D eigenvalue weighted by atomic mass is 32.1. The number of benzene rings is 1. The van der Waals surface area contributed by atoms with Crippen LogP contribution in [0.1, 0.15) is 17.4 Å². The largest absolute Gasteiger partial charge is 0.292 e. The van der Waals surface area contributed by atoms with Crippen molar-refractivity contribution in [3.8, 4) is 0 Å². The smallest absolute Gasteiger partial charge is 0.242 e. The van der Waals surface area contributed by atoms with Crippen LogP contribution in [0.15, 0.2) is 35.7 Å². The predicted molar refractivity (Wildman–Crippen MR) is 103 cm³/mol. The Kier molecular flexibility index (Phi) is 5.28. The van der Waals surface area contributed by atoms with E-state index < -0.39 is 0 Å². The van der Waals surface area contributed by atoms with Crippen LogP contribution in [-0.2, 0) is 11.3 Å². The highest BCUT2D eigenvalue weighted by Gasteiger charge is 2.19. The van der Waals surface area contributed by atoms with Gasteiger partial charge in [-0.05, 0) is 50.0 Å². The van der Waals surface area contributed by atoms with Crippen molar-refractivity contribution in [2.75, 3.05) is 25.0 Å². The van der Waals surface area contributed by atoms with E-state index in [2.05, 4.69) is 28.3 Å². The Hall–Kier alpha value is -1.76. The number of anilines is 1. The summed E-state index contributed by atoms with van der Waals surface area (Å²) in [6, 6.07) is 10.1. The number of nitrogens with zero attached hydrogens (tertiary/aromatic N) is 3. The lowest BCUT2D eigenvalue weighted by atomic mass is 10.3. The molecule has 2 heterocycles. The van der Waals surface area contributed by atoms with E-state index in [1.165, 1.54) is 10.4 Å². The molecule has 126 valence electrons. The molecule has 0 fully saturated rings. The van der Waals surface area contributed by atoms with Crippen LogP contribution in [0.5, 0.6) is 0 Å². The standard InChI is InChI=1S/C18H21N3OS2/c1-4-21(18-19-14-7-5-6-8-15(14)24-18)17(22)12-20(3)11-16-13(2)9-10-23-16/h5-10H,4,11-12H2,1-3H3. The molecule has 3 aromatic rings. The van der Waals surface area contributed by atoms with Gasteiger partial charge in [0.2, 0.25) is 5.91 Å². The number of para-hydroxylation sites is 1. The summed E-state index contributed by atoms with van der Waals surface area (Å²) in [5, 5.41) is 2.88. The van der Waals surface area contributed by atoms with Crippen molar-refractivity contribution in [3.63, 3.8) is 0 Å². The van der Waals surface area contributed by atoms with Crippen LogP contribution in [0.3, 0.4) is 0 Å². The fraction of sp³-hybridized carbons (Fsp3) is 0.333. The van der Waals surface area contributed by atoms with E-state index in [-0.39, 0.29) is 5.91 Å². The number of aromatic nitrogens is 1. The van der Waals surface area contributed by atoms with E-state index in [4.69, 9.17) is 0 Å². The molecule has 0 saturated carbocycles. The molecule has 0 aliphatic rings. The molecule has 0 spiro atoms. The number of carbonyl (C=O) groups is 1. The zero-order valence-electron chi connectivity index (χ0n) is 14.2. The Morgan fingerprint density at radius 2 is 2.04 bits per heavy atom. The molecule has 24 heavy (non-hydrogen) atoms. The van der Waals surface area contributed by atoms with Crippen LogP contribution in [0, 0.1) is 6.92 Å². The molecule has 0 N–H and O–H groups in total. The Bertz CT molecular complexity index is 807. The van der Waals surface area contributed by atoms with Crippen LogP contribution in [-0.4, -0.2) is 35.9 Å². The normalized spacial score (nSPS) is 11.3. The molecule has 4 nitrogen and oxygen atoms in total. The number of fused-ring (bicyclic) bond motifs is 1. The molecule has 6 heteroatoms. The molecule has 0 unspecified atom stereocenters. The van der Waals surface area contributed by atoms with Gasteiger partial charge in [-0.25, -0.2) is 4.98 Å². The van der Waals surface area contributed by atoms with Crippen LogP contribution in [0.4, 0.5) is 5.13 Å². The van der Waals surface area contributed by atoms with Gasteiger partial charge in [0.25, 0.3) is 0 Å². The topological polar surface area (TPSA) is 36.4 Å². The van der Waals surface area contributed by atoms with Crippen LogP contribution >= 0.6 is 22.7 Å². The zero-order valence-corrected chi connectivity index (χ0v) is 15.8. The van der Waals surface area contributed by atoms with Crippen LogP contribution in [0.2, 0.25) is 0 Å². The maximum atomic E-state index is 12.7. The second-order valence-electron chi connectivity index (χ2n) is 5.80. The van der Waals surface area contributed by atoms with Crippen LogP contribution < -0.4 is 4.90 Å². The fourth-order valence-electron chi connectivity index (χ4n) is 2.58. The summed E-state index contributed by atoms with van der Waals surface area (Å²) in [6.07, 6.45) is 0. The monoisotopic (exact) mass is 359 g/mol. The summed E-state index contributed by atoms with van der Waals surface area (Å²) in [6.45, 7) is 5.92. The minimum absolute atomic E-state index is 0.0910. The van der Waals surface area contributed by atoms with Crippen molar-refractivity contribution in [2.24, 2.45) is 0 Å². The first kappa shape index (κ1) is 17.1. The average Bonchev–Trinajstić information content (AvgIpc) is 3.14. The van der Waals surface area contributed by atoms with E-state index in [1.54, 1.807) is 27.6 Å². The summed E-state index contributed by atoms with van der Waals surface area (Å²) >= 11 is 3.31. The Morgan fingerprint density at radius 1 is 1.25 bits per heavy atom. The van der Waals surface area contributed by atoms with Crippen molar-refractivity contribution in [3.05, 3.63) is 46.2 Å². The van der Waals surface area contributed by atoms with Gasteiger partial charge >= 0.3 is 0 Å². The van der Waals surface area contributed by atoms with E-state index in [0.29, 0.717) is 13.1 Å². The second kappa shape index (κ2) is 7.42. The molecule has 0 aliphatic heterocycles. The molecular weight excluding hydrogens is 338 g/mol. The van der Waals surface area contributed by atoms with E-state index >= 15 is 0 Å². The van der Waals surface area contributed by atoms with Crippen molar-refractivity contribution >= 4 is 43.9 Å². The third-order valence-corrected chi connectivity index (χ3v) is 5.98. The lowest BCUT2D eigenvalue weighted by Gasteiger charge is -2.22. The molecule has 1 aromatic carbocycles. The first-order valence-electron chi connectivity index (χ1n) is 7.96. The number of carbonyl (C=O) groups excluding carboxylic acids is 1. The minimum atomic E-state index is 0.0910. The Balaban J connectivity index is 1.70. The van der Waals surface area contributed by atoms with Gasteiger partial charge in [-0.1, -0.05) is 23.5 Å². The van der Waals surface area contributed by atoms with Crippen molar-refractivity contribution in [1.29, 1.82) is 0 Å². The maximum Gasteiger partial charge on any atom is 0.242 e. The van der Waals surface area contributed by atoms with E-state index in [9.17, 15) is 4.79 Å². The number of thiophene rings is 1. The summed E-state index contributed by atoms with van der Waals surface area (Å²) < 4.78 is 1.11. The van der Waals surface area contributed by atoms with Gasteiger partial charge in [0, 0.05) is 18.0 Å². The summed E-state index contributed by atoms with van der Waals surface area (Å²) in [5.74, 6) is 0.0910. The molecule has 0 radical (unpaired) electrons. The minimum Gasteiger partial charge on any atom is -0.292 e. The van der Waals surface area contributed by atoms with Gasteiger partial charge in [-0.2, -0.15) is 0 Å². The number of amides is 1. The second-order valence-corrected chi connectivity index (χ2v) is 7.81. The first-order valence-corrected chi connectivity index (χ1v) is 9.65. The highest BCUT2D eigenvalue weighted by molar-refractivity contribution is 7.22. The van der Waals surface area contributed by atoms with Crippen molar-refractivity contribution in [1.82, 2.24) is 9.88 Å². The number of thiazole rings is 1. The molecule has 0 saturated heterocycles. The molecule has 1 amide bonds. The number of rotatable bonds is 6. The lowest BCUT2D eigenvalue weighted by Crippen LogP contribution is -2.38. The SMILES string of the molecule is CCN(C(=O)CN(C)Cc1sccc1C)c1nc2ccccc2s1. The Morgan fingerprint density at radius 3 is 2.71 bits per heavy atom. The predicted octanol–water partition coefficient (Wildman–Crippen LogP) is 4.15. The quantitative estimate of drug-likeness (QED) is 0.663. The molecule has 0 bridgehead atoms. The maximum absolute atomic E-state index is 12.7. The average molecular weight is 360 g/mol. The van der Waals surface area contributed by atoms with Gasteiger partial charge in [0.15, 0.2) is 5.13 Å². The summed E-state index contributed by atoms with van der Waals surface area (Å²) in [5.41, 5.74) is 2.24. The Labute approximate surface area is 150 Å². The molecule has 2 aromatic heterocycles. The lowest BCUT2D eigenvalue weighted by molar-refractivity contribution is -0.119. The summed E-state index contributed by atoms with van der Waals surface area (Å²) in [4.78, 5) is 22.5. The third kappa shape index (κ3) is 3.66. The van der Waals surface area contributed by atoms with Crippen molar-refractivity contribution in [2.45, 2.75) is 20.4 Å². The number of hydrogen-bond acceptors (Lipinski definition) is 5. The van der Waals surface area contributed by atoms with E-state index in [0.717, 1.165) is 21.9 Å². The third-order valence-electron chi connectivity index (χ3n) is 3.92. The number of hydrogen-bond donors (Lipinski definition) is 0. The van der Waals surface area contributed by atoms with Gasteiger partial charge in [-0.3, -0.25) is 14.6 Å². The van der Waals surface area contributed by atoms with Gasteiger partial charge < -0.3 is 0 Å². The van der Waals surface area contributed by atoms with Crippen LogP contribution in [0.25, 0.3) is 10.2 Å². The first-order chi connectivity index (χ1) is 11.6. The molecule has 0 atom stereocenters. The molecule has 0 aliphatic carbocycles. The fourth-order valence-corrected chi connectivity index (χ4v) is 4.61.